The number of thioether (sulfide) groups is 1. The topological polar surface area (TPSA) is 69.6 Å². The Kier molecular flexibility index (Phi) is 5.31. The molecule has 0 aliphatic carbocycles. The second-order valence-electron chi connectivity index (χ2n) is 4.65. The molecule has 0 aromatic carbocycles. The molecule has 1 saturated heterocycles. The van der Waals surface area contributed by atoms with E-state index in [-0.39, 0.29) is 6.03 Å². The minimum absolute atomic E-state index is 0.256. The van der Waals surface area contributed by atoms with E-state index in [0.717, 1.165) is 5.75 Å². The third-order valence-corrected chi connectivity index (χ3v) is 4.63. The highest BCUT2D eigenvalue weighted by Gasteiger charge is 2.38. The molecule has 1 aliphatic heterocycles. The molecule has 2 amide bonds. The van der Waals surface area contributed by atoms with Crippen molar-refractivity contribution in [1.29, 1.82) is 0 Å². The van der Waals surface area contributed by atoms with Gasteiger partial charge in [0.1, 0.15) is 5.54 Å². The van der Waals surface area contributed by atoms with Gasteiger partial charge in [-0.3, -0.25) is 0 Å². The van der Waals surface area contributed by atoms with Gasteiger partial charge >= 0.3 is 12.0 Å². The van der Waals surface area contributed by atoms with Crippen LogP contribution in [0.1, 0.15) is 33.6 Å². The molecule has 1 aliphatic rings. The number of rotatable bonds is 4. The van der Waals surface area contributed by atoms with Crippen LogP contribution in [0.5, 0.6) is 0 Å². The third-order valence-electron chi connectivity index (χ3n) is 3.49. The molecule has 0 spiro atoms. The van der Waals surface area contributed by atoms with Crippen LogP contribution in [0.3, 0.4) is 0 Å². The molecule has 2 N–H and O–H groups in total. The average molecular weight is 274 g/mol. The number of hydrogen-bond donors (Lipinski definition) is 2. The lowest BCUT2D eigenvalue weighted by Gasteiger charge is -2.35. The second-order valence-corrected chi connectivity index (χ2v) is 6.20. The fourth-order valence-electron chi connectivity index (χ4n) is 2.07. The Morgan fingerprint density at radius 2 is 2.06 bits per heavy atom. The second kappa shape index (κ2) is 6.31. The maximum absolute atomic E-state index is 12.1. The molecule has 0 aromatic rings. The van der Waals surface area contributed by atoms with Gasteiger partial charge in [0.2, 0.25) is 0 Å². The number of hydrogen-bond acceptors (Lipinski definition) is 3. The van der Waals surface area contributed by atoms with E-state index < -0.39 is 11.5 Å². The van der Waals surface area contributed by atoms with Crippen molar-refractivity contribution in [2.45, 2.75) is 44.4 Å². The molecule has 0 saturated carbocycles. The molecule has 1 rings (SSSR count). The number of aliphatic carboxylic acids is 1. The highest BCUT2D eigenvalue weighted by molar-refractivity contribution is 7.99. The summed E-state index contributed by atoms with van der Waals surface area (Å²) in [4.78, 5) is 25.2. The van der Waals surface area contributed by atoms with Crippen molar-refractivity contribution in [2.75, 3.05) is 18.8 Å². The summed E-state index contributed by atoms with van der Waals surface area (Å²) in [5.74, 6) is -0.0484. The van der Waals surface area contributed by atoms with Crippen LogP contribution in [0, 0.1) is 0 Å². The van der Waals surface area contributed by atoms with Crippen LogP contribution in [-0.4, -0.2) is 51.6 Å². The molecule has 6 heteroatoms. The predicted molar refractivity (Wildman–Crippen MR) is 73.0 cm³/mol. The summed E-state index contributed by atoms with van der Waals surface area (Å²) in [5, 5.41) is 12.4. The van der Waals surface area contributed by atoms with Crippen molar-refractivity contribution in [1.82, 2.24) is 10.2 Å². The lowest BCUT2D eigenvalue weighted by molar-refractivity contribution is -0.144. The SMILES string of the molecule is CCC(CC)(NC(=O)N1CCSC(C)C1)C(=O)O. The molecule has 1 atom stereocenters. The molecule has 5 nitrogen and oxygen atoms in total. The zero-order valence-electron chi connectivity index (χ0n) is 11.2. The normalized spacial score (nSPS) is 20.6. The lowest BCUT2D eigenvalue weighted by atomic mass is 9.93. The first-order valence-corrected chi connectivity index (χ1v) is 7.42. The first kappa shape index (κ1) is 15.1. The Bertz CT molecular complexity index is 318. The third kappa shape index (κ3) is 3.31. The molecule has 1 fully saturated rings. The highest BCUT2D eigenvalue weighted by Crippen LogP contribution is 2.20. The van der Waals surface area contributed by atoms with E-state index in [1.54, 1.807) is 18.7 Å². The van der Waals surface area contributed by atoms with E-state index >= 15 is 0 Å². The first-order valence-electron chi connectivity index (χ1n) is 6.37. The van der Waals surface area contributed by atoms with Crippen molar-refractivity contribution in [2.24, 2.45) is 0 Å². The number of urea groups is 1. The molecule has 18 heavy (non-hydrogen) atoms. The largest absolute Gasteiger partial charge is 0.480 e. The summed E-state index contributed by atoms with van der Waals surface area (Å²) >= 11 is 1.84. The molecule has 0 bridgehead atoms. The predicted octanol–water partition coefficient (Wildman–Crippen LogP) is 1.78. The van der Waals surface area contributed by atoms with E-state index in [4.69, 9.17) is 0 Å². The van der Waals surface area contributed by atoms with Gasteiger partial charge in [-0.25, -0.2) is 9.59 Å². The minimum Gasteiger partial charge on any atom is -0.480 e. The summed E-state index contributed by atoms with van der Waals surface area (Å²) in [7, 11) is 0. The van der Waals surface area contributed by atoms with Crippen LogP contribution >= 0.6 is 11.8 Å². The lowest BCUT2D eigenvalue weighted by Crippen LogP contribution is -2.58. The summed E-state index contributed by atoms with van der Waals surface area (Å²) in [5.41, 5.74) is -1.13. The fourth-order valence-corrected chi connectivity index (χ4v) is 3.08. The van der Waals surface area contributed by atoms with Gasteiger partial charge in [-0.1, -0.05) is 20.8 Å². The Morgan fingerprint density at radius 1 is 1.44 bits per heavy atom. The average Bonchev–Trinajstić information content (AvgIpc) is 2.35. The van der Waals surface area contributed by atoms with Crippen LogP contribution in [0.2, 0.25) is 0 Å². The standard InChI is InChI=1S/C12H22N2O3S/c1-4-12(5-2,10(15)16)13-11(17)14-6-7-18-9(3)8-14/h9H,4-8H2,1-3H3,(H,13,17)(H,15,16). The summed E-state index contributed by atoms with van der Waals surface area (Å²) in [6.45, 7) is 7.01. The minimum atomic E-state index is -1.13. The van der Waals surface area contributed by atoms with E-state index in [0.29, 0.717) is 31.2 Å². The molecule has 1 heterocycles. The van der Waals surface area contributed by atoms with E-state index in [2.05, 4.69) is 12.2 Å². The van der Waals surface area contributed by atoms with E-state index in [1.807, 2.05) is 11.8 Å². The zero-order valence-corrected chi connectivity index (χ0v) is 12.0. The number of carboxylic acid groups (broad SMARTS) is 1. The number of carboxylic acids is 1. The Balaban J connectivity index is 2.69. The van der Waals surface area contributed by atoms with Crippen molar-refractivity contribution in [3.05, 3.63) is 0 Å². The summed E-state index contributed by atoms with van der Waals surface area (Å²) in [6, 6.07) is -0.256. The van der Waals surface area contributed by atoms with E-state index in [9.17, 15) is 14.7 Å². The van der Waals surface area contributed by atoms with Gasteiger partial charge in [-0.15, -0.1) is 0 Å². The maximum atomic E-state index is 12.1. The number of carbonyl (C=O) groups excluding carboxylic acids is 1. The molecule has 0 radical (unpaired) electrons. The Morgan fingerprint density at radius 3 is 2.50 bits per heavy atom. The van der Waals surface area contributed by atoms with Gasteiger partial charge in [-0.2, -0.15) is 11.8 Å². The van der Waals surface area contributed by atoms with Crippen LogP contribution in [0.15, 0.2) is 0 Å². The smallest absolute Gasteiger partial charge is 0.329 e. The maximum Gasteiger partial charge on any atom is 0.329 e. The Hall–Kier alpha value is -0.910. The first-order chi connectivity index (χ1) is 8.45. The van der Waals surface area contributed by atoms with Crippen LogP contribution in [-0.2, 0) is 4.79 Å². The van der Waals surface area contributed by atoms with Crippen molar-refractivity contribution in [3.63, 3.8) is 0 Å². The number of nitrogens with zero attached hydrogens (tertiary/aromatic N) is 1. The summed E-state index contributed by atoms with van der Waals surface area (Å²) < 4.78 is 0. The number of nitrogens with one attached hydrogen (secondary N) is 1. The van der Waals surface area contributed by atoms with Gasteiger partial charge in [0.15, 0.2) is 0 Å². The van der Waals surface area contributed by atoms with Gasteiger partial charge in [-0.05, 0) is 12.8 Å². The van der Waals surface area contributed by atoms with Crippen LogP contribution < -0.4 is 5.32 Å². The van der Waals surface area contributed by atoms with Gasteiger partial charge < -0.3 is 15.3 Å². The van der Waals surface area contributed by atoms with Gasteiger partial charge in [0.25, 0.3) is 0 Å². The zero-order chi connectivity index (χ0) is 13.8. The van der Waals surface area contributed by atoms with Crippen LogP contribution in [0.4, 0.5) is 4.79 Å². The van der Waals surface area contributed by atoms with Crippen molar-refractivity contribution < 1.29 is 14.7 Å². The molecule has 104 valence electrons. The van der Waals surface area contributed by atoms with Gasteiger partial charge in [0, 0.05) is 24.1 Å². The van der Waals surface area contributed by atoms with E-state index in [1.165, 1.54) is 0 Å². The Labute approximate surface area is 112 Å². The van der Waals surface area contributed by atoms with Crippen molar-refractivity contribution >= 4 is 23.8 Å². The van der Waals surface area contributed by atoms with Crippen molar-refractivity contribution in [3.8, 4) is 0 Å². The number of carbonyl (C=O) groups is 2. The highest BCUT2D eigenvalue weighted by atomic mass is 32.2. The molecule has 0 aromatic heterocycles. The quantitative estimate of drug-likeness (QED) is 0.820. The van der Waals surface area contributed by atoms with Crippen LogP contribution in [0.25, 0.3) is 0 Å². The van der Waals surface area contributed by atoms with Gasteiger partial charge in [0.05, 0.1) is 0 Å². The molecular formula is C12H22N2O3S. The fraction of sp³-hybridized carbons (Fsp3) is 0.833. The monoisotopic (exact) mass is 274 g/mol. The molecular weight excluding hydrogens is 252 g/mol. The number of amides is 2. The summed E-state index contributed by atoms with van der Waals surface area (Å²) in [6.07, 6.45) is 0.783. The molecule has 1 unspecified atom stereocenters.